The first-order chi connectivity index (χ1) is 15.0. The molecule has 2 heterocycles. The number of imide groups is 1. The number of piperidine rings is 1. The molecule has 4 rings (SSSR count). The molecular formula is C25H28N2O4. The van der Waals surface area contributed by atoms with E-state index in [0.29, 0.717) is 46.5 Å². The van der Waals surface area contributed by atoms with Gasteiger partial charge in [-0.3, -0.25) is 9.59 Å². The maximum atomic E-state index is 13.6. The minimum Gasteiger partial charge on any atom is -0.496 e. The van der Waals surface area contributed by atoms with E-state index in [2.05, 4.69) is 11.8 Å². The Morgan fingerprint density at radius 2 is 1.65 bits per heavy atom. The van der Waals surface area contributed by atoms with E-state index >= 15 is 0 Å². The smallest absolute Gasteiger partial charge is 0.282 e. The number of ether oxygens (including phenoxy) is 2. The molecular weight excluding hydrogens is 392 g/mol. The molecule has 1 fully saturated rings. The summed E-state index contributed by atoms with van der Waals surface area (Å²) in [6, 6.07) is 14.4. The zero-order valence-corrected chi connectivity index (χ0v) is 18.3. The van der Waals surface area contributed by atoms with Crippen LogP contribution in [0.5, 0.6) is 11.5 Å². The predicted molar refractivity (Wildman–Crippen MR) is 120 cm³/mol. The average molecular weight is 421 g/mol. The number of methoxy groups -OCH3 is 1. The standard InChI is InChI=1S/C25H28N2O4/c1-4-31-19-11-9-18(10-12-19)27-24(28)22(20-7-5-6-8-21(20)30-3)23(25(27)29)26-15-13-17(2)14-16-26/h5-12,17H,4,13-16H2,1-3H3. The summed E-state index contributed by atoms with van der Waals surface area (Å²) in [5.41, 5.74) is 2.05. The fraction of sp³-hybridized carbons (Fsp3) is 0.360. The van der Waals surface area contributed by atoms with Gasteiger partial charge in [-0.1, -0.05) is 25.1 Å². The highest BCUT2D eigenvalue weighted by Gasteiger charge is 2.43. The van der Waals surface area contributed by atoms with Crippen LogP contribution in [0.3, 0.4) is 0 Å². The molecule has 2 aliphatic heterocycles. The molecule has 0 unspecified atom stereocenters. The van der Waals surface area contributed by atoms with Crippen LogP contribution in [0.25, 0.3) is 5.57 Å². The van der Waals surface area contributed by atoms with Gasteiger partial charge in [0.05, 0.1) is 25.0 Å². The first-order valence-electron chi connectivity index (χ1n) is 10.8. The van der Waals surface area contributed by atoms with Crippen LogP contribution in [0.15, 0.2) is 54.2 Å². The van der Waals surface area contributed by atoms with Crippen molar-refractivity contribution >= 4 is 23.1 Å². The summed E-state index contributed by atoms with van der Waals surface area (Å²) in [6.07, 6.45) is 1.99. The Hall–Kier alpha value is -3.28. The summed E-state index contributed by atoms with van der Waals surface area (Å²) in [4.78, 5) is 30.6. The summed E-state index contributed by atoms with van der Waals surface area (Å²) in [5, 5.41) is 0. The molecule has 2 aliphatic rings. The molecule has 0 atom stereocenters. The van der Waals surface area contributed by atoms with E-state index in [4.69, 9.17) is 9.47 Å². The summed E-state index contributed by atoms with van der Waals surface area (Å²) in [5.74, 6) is 1.28. The summed E-state index contributed by atoms with van der Waals surface area (Å²) in [6.45, 7) is 6.20. The number of rotatable bonds is 6. The maximum absolute atomic E-state index is 13.6. The van der Waals surface area contributed by atoms with Gasteiger partial charge < -0.3 is 14.4 Å². The molecule has 0 N–H and O–H groups in total. The molecule has 0 radical (unpaired) electrons. The zero-order valence-electron chi connectivity index (χ0n) is 18.3. The Bertz CT molecular complexity index is 1000. The van der Waals surface area contributed by atoms with Crippen molar-refractivity contribution in [2.75, 3.05) is 31.7 Å². The van der Waals surface area contributed by atoms with Gasteiger partial charge in [-0.25, -0.2) is 4.90 Å². The van der Waals surface area contributed by atoms with Crippen LogP contribution >= 0.6 is 0 Å². The van der Waals surface area contributed by atoms with Crippen molar-refractivity contribution in [2.24, 2.45) is 5.92 Å². The Balaban J connectivity index is 1.78. The fourth-order valence-electron chi connectivity index (χ4n) is 4.23. The Labute approximate surface area is 183 Å². The number of para-hydroxylation sites is 1. The van der Waals surface area contributed by atoms with E-state index < -0.39 is 0 Å². The third-order valence-corrected chi connectivity index (χ3v) is 5.94. The predicted octanol–water partition coefficient (Wildman–Crippen LogP) is 4.11. The van der Waals surface area contributed by atoms with Gasteiger partial charge in [-0.2, -0.15) is 0 Å². The van der Waals surface area contributed by atoms with Crippen LogP contribution in [0.4, 0.5) is 5.69 Å². The molecule has 2 aromatic carbocycles. The number of anilines is 1. The molecule has 0 aromatic heterocycles. The van der Waals surface area contributed by atoms with Crippen molar-refractivity contribution in [3.8, 4) is 11.5 Å². The highest BCUT2D eigenvalue weighted by Crippen LogP contribution is 2.39. The largest absolute Gasteiger partial charge is 0.496 e. The van der Waals surface area contributed by atoms with E-state index in [1.807, 2.05) is 31.2 Å². The van der Waals surface area contributed by atoms with Crippen LogP contribution in [0.2, 0.25) is 0 Å². The quantitative estimate of drug-likeness (QED) is 0.659. The maximum Gasteiger partial charge on any atom is 0.282 e. The lowest BCUT2D eigenvalue weighted by Crippen LogP contribution is -2.38. The fourth-order valence-corrected chi connectivity index (χ4v) is 4.23. The van der Waals surface area contributed by atoms with Crippen molar-refractivity contribution in [3.05, 3.63) is 59.8 Å². The van der Waals surface area contributed by atoms with Crippen molar-refractivity contribution < 1.29 is 19.1 Å². The van der Waals surface area contributed by atoms with Gasteiger partial charge in [0.15, 0.2) is 0 Å². The molecule has 2 amide bonds. The number of hydrogen-bond donors (Lipinski definition) is 0. The molecule has 0 saturated carbocycles. The number of hydrogen-bond acceptors (Lipinski definition) is 5. The number of benzene rings is 2. The SMILES string of the molecule is CCOc1ccc(N2C(=O)C(c3ccccc3OC)=C(N3CCC(C)CC3)C2=O)cc1. The van der Waals surface area contributed by atoms with Crippen molar-refractivity contribution in [1.82, 2.24) is 4.90 Å². The monoisotopic (exact) mass is 420 g/mol. The summed E-state index contributed by atoms with van der Waals surface area (Å²) >= 11 is 0. The van der Waals surface area contributed by atoms with Gasteiger partial charge >= 0.3 is 0 Å². The Morgan fingerprint density at radius 1 is 0.968 bits per heavy atom. The molecule has 0 aliphatic carbocycles. The molecule has 0 spiro atoms. The number of carbonyl (C=O) groups excluding carboxylic acids is 2. The van der Waals surface area contributed by atoms with E-state index in [1.54, 1.807) is 31.4 Å². The van der Waals surface area contributed by atoms with Gasteiger partial charge in [0.2, 0.25) is 0 Å². The van der Waals surface area contributed by atoms with E-state index in [0.717, 1.165) is 25.9 Å². The van der Waals surface area contributed by atoms with Gasteiger partial charge in [0.25, 0.3) is 11.8 Å². The van der Waals surface area contributed by atoms with Gasteiger partial charge in [0.1, 0.15) is 17.2 Å². The first-order valence-corrected chi connectivity index (χ1v) is 10.8. The van der Waals surface area contributed by atoms with E-state index in [9.17, 15) is 9.59 Å². The second kappa shape index (κ2) is 8.84. The van der Waals surface area contributed by atoms with Crippen molar-refractivity contribution in [1.29, 1.82) is 0 Å². The molecule has 31 heavy (non-hydrogen) atoms. The zero-order chi connectivity index (χ0) is 22.0. The van der Waals surface area contributed by atoms with E-state index in [1.165, 1.54) is 4.90 Å². The summed E-state index contributed by atoms with van der Waals surface area (Å²) < 4.78 is 11.0. The minimum atomic E-state index is -0.327. The molecule has 2 aromatic rings. The Morgan fingerprint density at radius 3 is 2.29 bits per heavy atom. The highest BCUT2D eigenvalue weighted by atomic mass is 16.5. The normalized spacial score (nSPS) is 17.5. The lowest BCUT2D eigenvalue weighted by molar-refractivity contribution is -0.120. The van der Waals surface area contributed by atoms with Gasteiger partial charge in [0, 0.05) is 18.7 Å². The number of carbonyl (C=O) groups is 2. The second-order valence-electron chi connectivity index (χ2n) is 7.97. The molecule has 6 nitrogen and oxygen atoms in total. The third kappa shape index (κ3) is 3.90. The van der Waals surface area contributed by atoms with Crippen LogP contribution in [-0.2, 0) is 9.59 Å². The molecule has 0 bridgehead atoms. The van der Waals surface area contributed by atoms with Gasteiger partial charge in [-0.05, 0) is 56.0 Å². The minimum absolute atomic E-state index is 0.287. The lowest BCUT2D eigenvalue weighted by atomic mass is 9.97. The van der Waals surface area contributed by atoms with Crippen LogP contribution in [0.1, 0.15) is 32.3 Å². The highest BCUT2D eigenvalue weighted by molar-refractivity contribution is 6.45. The number of amides is 2. The van der Waals surface area contributed by atoms with Crippen LogP contribution in [-0.4, -0.2) is 43.5 Å². The van der Waals surface area contributed by atoms with Crippen LogP contribution in [0, 0.1) is 5.92 Å². The average Bonchev–Trinajstić information content (AvgIpc) is 3.05. The number of nitrogens with zero attached hydrogens (tertiary/aromatic N) is 2. The third-order valence-electron chi connectivity index (χ3n) is 5.94. The molecule has 162 valence electrons. The number of likely N-dealkylation sites (tertiary alicyclic amines) is 1. The summed E-state index contributed by atoms with van der Waals surface area (Å²) in [7, 11) is 1.58. The second-order valence-corrected chi connectivity index (χ2v) is 7.97. The Kier molecular flexibility index (Phi) is 5.98. The van der Waals surface area contributed by atoms with Crippen LogP contribution < -0.4 is 14.4 Å². The van der Waals surface area contributed by atoms with E-state index in [-0.39, 0.29) is 11.8 Å². The topological polar surface area (TPSA) is 59.1 Å². The first kappa shape index (κ1) is 21.0. The van der Waals surface area contributed by atoms with Gasteiger partial charge in [-0.15, -0.1) is 0 Å². The van der Waals surface area contributed by atoms with Crippen molar-refractivity contribution in [3.63, 3.8) is 0 Å². The lowest BCUT2D eigenvalue weighted by Gasteiger charge is -2.32. The molecule has 6 heteroatoms. The molecule has 1 saturated heterocycles. The van der Waals surface area contributed by atoms with Crippen molar-refractivity contribution in [2.45, 2.75) is 26.7 Å².